The van der Waals surface area contributed by atoms with Gasteiger partial charge in [0.05, 0.1) is 19.3 Å². The number of carbonyl (C=O) groups is 4. The van der Waals surface area contributed by atoms with Gasteiger partial charge in [0.2, 0.25) is 17.7 Å². The number of aliphatic hydroxyl groups is 2. The summed E-state index contributed by atoms with van der Waals surface area (Å²) in [6.07, 6.45) is 1.44. The van der Waals surface area contributed by atoms with Crippen molar-refractivity contribution in [2.45, 2.75) is 37.0 Å². The van der Waals surface area contributed by atoms with Crippen LogP contribution in [0.1, 0.15) is 12.8 Å². The highest BCUT2D eigenvalue weighted by Gasteiger charge is 2.30. The van der Waals surface area contributed by atoms with Crippen LogP contribution in [0.4, 0.5) is 0 Å². The Hall–Kier alpha value is -1.89. The van der Waals surface area contributed by atoms with Crippen molar-refractivity contribution in [3.05, 3.63) is 0 Å². The molecular weight excluding hydrogens is 368 g/mol. The van der Waals surface area contributed by atoms with E-state index in [0.717, 1.165) is 6.42 Å². The molecule has 148 valence electrons. The highest BCUT2D eigenvalue weighted by Crippen LogP contribution is 2.05. The van der Waals surface area contributed by atoms with Gasteiger partial charge in [0, 0.05) is 5.75 Å². The average molecular weight is 392 g/mol. The minimum atomic E-state index is -1.52. The Morgan fingerprint density at radius 1 is 1.00 bits per heavy atom. The topological polar surface area (TPSA) is 177 Å². The molecule has 0 aromatic rings. The van der Waals surface area contributed by atoms with Crippen LogP contribution in [0, 0.1) is 0 Å². The number of carboxylic acids is 1. The molecule has 0 bridgehead atoms. The molecule has 4 unspecified atom stereocenters. The largest absolute Gasteiger partial charge is 0.480 e. The van der Waals surface area contributed by atoms with Crippen LogP contribution in [-0.4, -0.2) is 88.7 Å². The Morgan fingerprint density at radius 2 is 1.58 bits per heavy atom. The van der Waals surface area contributed by atoms with Crippen molar-refractivity contribution in [1.82, 2.24) is 21.3 Å². The lowest BCUT2D eigenvalue weighted by Crippen LogP contribution is -2.58. The van der Waals surface area contributed by atoms with Crippen molar-refractivity contribution < 1.29 is 34.5 Å². The summed E-state index contributed by atoms with van der Waals surface area (Å²) in [5.74, 6) is -3.71. The Bertz CT molecular complexity index is 527. The van der Waals surface area contributed by atoms with Crippen molar-refractivity contribution in [3.63, 3.8) is 0 Å². The van der Waals surface area contributed by atoms with Crippen molar-refractivity contribution in [2.75, 3.05) is 25.5 Å². The Kier molecular flexibility index (Phi) is 9.34. The van der Waals surface area contributed by atoms with Gasteiger partial charge in [-0.05, 0) is 19.4 Å². The second-order valence-corrected chi connectivity index (χ2v) is 6.08. The molecule has 11 nitrogen and oxygen atoms in total. The van der Waals surface area contributed by atoms with Crippen molar-refractivity contribution in [1.29, 1.82) is 0 Å². The van der Waals surface area contributed by atoms with E-state index in [4.69, 9.17) is 10.2 Å². The van der Waals surface area contributed by atoms with Gasteiger partial charge in [-0.2, -0.15) is 12.6 Å². The molecular formula is C14H24N4O7S. The molecule has 12 heteroatoms. The molecule has 4 atom stereocenters. The number of aliphatic hydroxyl groups excluding tert-OH is 2. The van der Waals surface area contributed by atoms with Crippen molar-refractivity contribution in [2.24, 2.45) is 0 Å². The van der Waals surface area contributed by atoms with Crippen LogP contribution >= 0.6 is 12.6 Å². The first-order chi connectivity index (χ1) is 12.3. The number of nitrogens with one attached hydrogen (secondary N) is 4. The number of hydrogen-bond acceptors (Lipinski definition) is 8. The molecule has 1 rings (SSSR count). The molecule has 0 aliphatic carbocycles. The molecule has 1 saturated heterocycles. The lowest BCUT2D eigenvalue weighted by molar-refractivity contribution is -0.143. The molecule has 0 saturated carbocycles. The molecule has 1 aliphatic heterocycles. The zero-order valence-electron chi connectivity index (χ0n) is 14.0. The van der Waals surface area contributed by atoms with E-state index in [0.29, 0.717) is 13.0 Å². The van der Waals surface area contributed by atoms with E-state index < -0.39 is 61.1 Å². The quantitative estimate of drug-likeness (QED) is 0.174. The molecule has 1 aliphatic rings. The Balaban J connectivity index is 2.63. The minimum absolute atomic E-state index is 0.161. The van der Waals surface area contributed by atoms with E-state index in [2.05, 4.69) is 33.9 Å². The van der Waals surface area contributed by atoms with Crippen LogP contribution in [0.5, 0.6) is 0 Å². The number of carbonyl (C=O) groups excluding carboxylic acids is 3. The summed E-state index contributed by atoms with van der Waals surface area (Å²) >= 11 is 3.93. The number of thiol groups is 1. The van der Waals surface area contributed by atoms with Gasteiger partial charge in [-0.1, -0.05) is 0 Å². The fourth-order valence-corrected chi connectivity index (χ4v) is 2.56. The standard InChI is InChI=1S/C14H24N4O7S/c19-4-8(16-11(21)7-2-1-3-15-7)12(22)18-10(6-26)13(23)17-9(5-20)14(24)25/h7-10,15,19-20,26H,1-6H2,(H,16,21)(H,17,23)(H,18,22)(H,24,25). The first kappa shape index (κ1) is 22.2. The van der Waals surface area contributed by atoms with Crippen LogP contribution in [-0.2, 0) is 19.2 Å². The number of hydrogen-bond donors (Lipinski definition) is 8. The fraction of sp³-hybridized carbons (Fsp3) is 0.714. The molecule has 0 aromatic heterocycles. The summed E-state index contributed by atoms with van der Waals surface area (Å²) in [5.41, 5.74) is 0. The van der Waals surface area contributed by atoms with Crippen molar-refractivity contribution >= 4 is 36.3 Å². The van der Waals surface area contributed by atoms with Crippen LogP contribution in [0.15, 0.2) is 0 Å². The summed E-state index contributed by atoms with van der Waals surface area (Å²) in [5, 5.41) is 36.8. The van der Waals surface area contributed by atoms with Crippen LogP contribution in [0.2, 0.25) is 0 Å². The second kappa shape index (κ2) is 11.0. The number of amides is 3. The van der Waals surface area contributed by atoms with E-state index in [1.54, 1.807) is 0 Å². The van der Waals surface area contributed by atoms with E-state index >= 15 is 0 Å². The number of aliphatic carboxylic acids is 1. The molecule has 1 heterocycles. The Labute approximate surface area is 155 Å². The maximum absolute atomic E-state index is 12.2. The third kappa shape index (κ3) is 6.44. The van der Waals surface area contributed by atoms with Gasteiger partial charge < -0.3 is 36.6 Å². The van der Waals surface area contributed by atoms with Gasteiger partial charge in [-0.3, -0.25) is 14.4 Å². The molecule has 0 radical (unpaired) electrons. The molecule has 0 spiro atoms. The average Bonchev–Trinajstić information content (AvgIpc) is 3.15. The molecule has 26 heavy (non-hydrogen) atoms. The third-order valence-corrected chi connectivity index (χ3v) is 4.17. The van der Waals surface area contributed by atoms with Gasteiger partial charge in [0.15, 0.2) is 0 Å². The van der Waals surface area contributed by atoms with Gasteiger partial charge in [0.1, 0.15) is 18.1 Å². The van der Waals surface area contributed by atoms with Gasteiger partial charge in [0.25, 0.3) is 0 Å². The van der Waals surface area contributed by atoms with Gasteiger partial charge in [-0.25, -0.2) is 4.79 Å². The maximum atomic E-state index is 12.2. The third-order valence-electron chi connectivity index (χ3n) is 3.81. The molecule has 1 fully saturated rings. The van der Waals surface area contributed by atoms with Gasteiger partial charge in [-0.15, -0.1) is 0 Å². The highest BCUT2D eigenvalue weighted by atomic mass is 32.1. The van der Waals surface area contributed by atoms with E-state index in [1.165, 1.54) is 0 Å². The predicted molar refractivity (Wildman–Crippen MR) is 92.5 cm³/mol. The van der Waals surface area contributed by atoms with Crippen molar-refractivity contribution in [3.8, 4) is 0 Å². The smallest absolute Gasteiger partial charge is 0.328 e. The first-order valence-corrected chi connectivity index (χ1v) is 8.67. The zero-order chi connectivity index (χ0) is 19.7. The van der Waals surface area contributed by atoms with E-state index in [9.17, 15) is 24.3 Å². The van der Waals surface area contributed by atoms with Crippen LogP contribution < -0.4 is 21.3 Å². The summed E-state index contributed by atoms with van der Waals surface area (Å²) in [6, 6.07) is -4.45. The predicted octanol–water partition coefficient (Wildman–Crippen LogP) is -3.81. The summed E-state index contributed by atoms with van der Waals surface area (Å²) in [4.78, 5) is 47.1. The number of rotatable bonds is 10. The lowest BCUT2D eigenvalue weighted by Gasteiger charge is -2.23. The second-order valence-electron chi connectivity index (χ2n) is 5.72. The molecule has 3 amide bonds. The molecule has 7 N–H and O–H groups in total. The Morgan fingerprint density at radius 3 is 2.04 bits per heavy atom. The first-order valence-electron chi connectivity index (χ1n) is 8.03. The minimum Gasteiger partial charge on any atom is -0.480 e. The van der Waals surface area contributed by atoms with E-state index in [-0.39, 0.29) is 5.75 Å². The van der Waals surface area contributed by atoms with Gasteiger partial charge >= 0.3 is 5.97 Å². The number of carboxylic acid groups (broad SMARTS) is 1. The zero-order valence-corrected chi connectivity index (χ0v) is 14.9. The summed E-state index contributed by atoms with van der Waals surface area (Å²) < 4.78 is 0. The van der Waals surface area contributed by atoms with Crippen LogP contribution in [0.3, 0.4) is 0 Å². The highest BCUT2D eigenvalue weighted by molar-refractivity contribution is 7.80. The summed E-state index contributed by atoms with van der Waals surface area (Å²) in [7, 11) is 0. The van der Waals surface area contributed by atoms with E-state index in [1.807, 2.05) is 0 Å². The lowest BCUT2D eigenvalue weighted by atomic mass is 10.2. The SMILES string of the molecule is O=C(O)C(CO)NC(=O)C(CS)NC(=O)C(CO)NC(=O)C1CCCN1. The fourth-order valence-electron chi connectivity index (χ4n) is 2.30. The molecule has 0 aromatic carbocycles. The summed E-state index contributed by atoms with van der Waals surface area (Å²) in [6.45, 7) is -0.816. The monoisotopic (exact) mass is 392 g/mol. The van der Waals surface area contributed by atoms with Crippen LogP contribution in [0.25, 0.3) is 0 Å². The normalized spacial score (nSPS) is 19.9. The maximum Gasteiger partial charge on any atom is 0.328 e.